The Morgan fingerprint density at radius 1 is 1.41 bits per heavy atom. The molecule has 4 nitrogen and oxygen atoms in total. The van der Waals surface area contributed by atoms with E-state index in [2.05, 4.69) is 17.1 Å². The predicted molar refractivity (Wildman–Crippen MR) is 62.7 cm³/mol. The number of rotatable bonds is 2. The summed E-state index contributed by atoms with van der Waals surface area (Å²) in [5.74, 6) is 2.42. The van der Waals surface area contributed by atoms with Crippen molar-refractivity contribution in [2.24, 2.45) is 5.92 Å². The Balaban J connectivity index is 1.95. The first-order chi connectivity index (χ1) is 8.15. The number of benzene rings is 1. The zero-order valence-electron chi connectivity index (χ0n) is 9.84. The maximum atomic E-state index is 9.83. The first-order valence-corrected chi connectivity index (χ1v) is 5.79. The van der Waals surface area contributed by atoms with Crippen LogP contribution in [0.3, 0.4) is 0 Å². The van der Waals surface area contributed by atoms with E-state index >= 15 is 0 Å². The molecule has 1 aromatic carbocycles. The van der Waals surface area contributed by atoms with Crippen molar-refractivity contribution in [1.29, 1.82) is 0 Å². The standard InChI is InChI=1S/C13H14N2O2/c1-7-3-4-9(11(16)5-7)13-14-12(15-17-13)10-6-8(10)2/h3-5,8,10,16H,6H2,1-2H3. The predicted octanol–water partition coefficient (Wildman–Crippen LogP) is 2.87. The molecule has 1 aromatic heterocycles. The van der Waals surface area contributed by atoms with Crippen LogP contribution in [-0.2, 0) is 0 Å². The average Bonchev–Trinajstić information content (AvgIpc) is 2.83. The Morgan fingerprint density at radius 3 is 2.82 bits per heavy atom. The number of phenolic OH excluding ortho intramolecular Hbond substituents is 1. The number of hydrogen-bond acceptors (Lipinski definition) is 4. The SMILES string of the molecule is Cc1ccc(-c2nc(C3CC3C)no2)c(O)c1. The third-order valence-corrected chi connectivity index (χ3v) is 3.27. The quantitative estimate of drug-likeness (QED) is 0.861. The average molecular weight is 230 g/mol. The summed E-state index contributed by atoms with van der Waals surface area (Å²) >= 11 is 0. The minimum Gasteiger partial charge on any atom is -0.507 e. The van der Waals surface area contributed by atoms with Gasteiger partial charge in [0, 0.05) is 5.92 Å². The van der Waals surface area contributed by atoms with Crippen LogP contribution in [0.5, 0.6) is 5.75 Å². The summed E-state index contributed by atoms with van der Waals surface area (Å²) in [6, 6.07) is 5.41. The van der Waals surface area contributed by atoms with Gasteiger partial charge in [0.05, 0.1) is 5.56 Å². The monoisotopic (exact) mass is 230 g/mol. The van der Waals surface area contributed by atoms with Gasteiger partial charge in [-0.2, -0.15) is 4.98 Å². The molecule has 1 aliphatic carbocycles. The van der Waals surface area contributed by atoms with Gasteiger partial charge in [0.25, 0.3) is 5.89 Å². The number of aromatic nitrogens is 2. The van der Waals surface area contributed by atoms with Crippen LogP contribution in [0, 0.1) is 12.8 Å². The van der Waals surface area contributed by atoms with Crippen LogP contribution in [0.2, 0.25) is 0 Å². The van der Waals surface area contributed by atoms with Crippen molar-refractivity contribution in [2.75, 3.05) is 0 Å². The van der Waals surface area contributed by atoms with Gasteiger partial charge in [0.15, 0.2) is 5.82 Å². The van der Waals surface area contributed by atoms with Crippen molar-refractivity contribution >= 4 is 0 Å². The molecule has 1 aliphatic rings. The maximum absolute atomic E-state index is 9.83. The minimum atomic E-state index is 0.184. The lowest BCUT2D eigenvalue weighted by Gasteiger charge is -1.99. The van der Waals surface area contributed by atoms with Crippen LogP contribution in [0.4, 0.5) is 0 Å². The second-order valence-electron chi connectivity index (χ2n) is 4.80. The highest BCUT2D eigenvalue weighted by Crippen LogP contribution is 2.46. The van der Waals surface area contributed by atoms with Gasteiger partial charge in [-0.15, -0.1) is 0 Å². The van der Waals surface area contributed by atoms with E-state index in [9.17, 15) is 5.11 Å². The Hall–Kier alpha value is -1.84. The molecule has 1 N–H and O–H groups in total. The lowest BCUT2D eigenvalue weighted by atomic mass is 10.1. The lowest BCUT2D eigenvalue weighted by Crippen LogP contribution is -1.85. The number of nitrogens with zero attached hydrogens (tertiary/aromatic N) is 2. The summed E-state index contributed by atoms with van der Waals surface area (Å²) in [4.78, 5) is 4.35. The highest BCUT2D eigenvalue weighted by Gasteiger charge is 2.38. The first-order valence-electron chi connectivity index (χ1n) is 5.79. The van der Waals surface area contributed by atoms with Crippen molar-refractivity contribution in [3.8, 4) is 17.2 Å². The summed E-state index contributed by atoms with van der Waals surface area (Å²) in [5.41, 5.74) is 1.60. The van der Waals surface area contributed by atoms with E-state index in [1.54, 1.807) is 12.1 Å². The van der Waals surface area contributed by atoms with Crippen molar-refractivity contribution in [1.82, 2.24) is 10.1 Å². The summed E-state index contributed by atoms with van der Waals surface area (Å²) in [6.45, 7) is 4.10. The molecule has 3 rings (SSSR count). The molecule has 1 fully saturated rings. The van der Waals surface area contributed by atoms with Crippen LogP contribution in [-0.4, -0.2) is 15.2 Å². The van der Waals surface area contributed by atoms with Crippen LogP contribution in [0.25, 0.3) is 11.5 Å². The van der Waals surface area contributed by atoms with Crippen LogP contribution < -0.4 is 0 Å². The van der Waals surface area contributed by atoms with Gasteiger partial charge in [-0.05, 0) is 37.0 Å². The van der Waals surface area contributed by atoms with Gasteiger partial charge >= 0.3 is 0 Å². The molecule has 88 valence electrons. The fourth-order valence-electron chi connectivity index (χ4n) is 2.00. The number of hydrogen-bond donors (Lipinski definition) is 1. The van der Waals surface area contributed by atoms with E-state index in [1.807, 2.05) is 13.0 Å². The van der Waals surface area contributed by atoms with Crippen molar-refractivity contribution in [2.45, 2.75) is 26.2 Å². The second kappa shape index (κ2) is 3.58. The highest BCUT2D eigenvalue weighted by atomic mass is 16.5. The van der Waals surface area contributed by atoms with E-state index in [1.165, 1.54) is 0 Å². The molecular formula is C13H14N2O2. The molecule has 17 heavy (non-hydrogen) atoms. The molecule has 1 saturated carbocycles. The van der Waals surface area contributed by atoms with Crippen LogP contribution in [0.15, 0.2) is 22.7 Å². The molecule has 0 spiro atoms. The molecule has 1 heterocycles. The summed E-state index contributed by atoms with van der Waals surface area (Å²) in [5, 5.41) is 13.8. The molecule has 0 aliphatic heterocycles. The van der Waals surface area contributed by atoms with Crippen LogP contribution in [0.1, 0.15) is 30.7 Å². The molecule has 2 atom stereocenters. The largest absolute Gasteiger partial charge is 0.507 e. The Labute approximate surface area is 99.3 Å². The zero-order chi connectivity index (χ0) is 12.0. The molecule has 2 unspecified atom stereocenters. The van der Waals surface area contributed by atoms with Crippen molar-refractivity contribution in [3.05, 3.63) is 29.6 Å². The van der Waals surface area contributed by atoms with Gasteiger partial charge < -0.3 is 9.63 Å². The Kier molecular flexibility index (Phi) is 2.18. The van der Waals surface area contributed by atoms with E-state index in [0.29, 0.717) is 23.3 Å². The summed E-state index contributed by atoms with van der Waals surface area (Å²) in [6.07, 6.45) is 1.12. The maximum Gasteiger partial charge on any atom is 0.261 e. The fourth-order valence-corrected chi connectivity index (χ4v) is 2.00. The topological polar surface area (TPSA) is 59.2 Å². The smallest absolute Gasteiger partial charge is 0.261 e. The molecule has 0 amide bonds. The molecule has 0 bridgehead atoms. The van der Waals surface area contributed by atoms with Gasteiger partial charge in [0.2, 0.25) is 0 Å². The number of aromatic hydroxyl groups is 1. The third-order valence-electron chi connectivity index (χ3n) is 3.27. The number of phenols is 1. The van der Waals surface area contributed by atoms with E-state index in [-0.39, 0.29) is 5.75 Å². The molecule has 0 saturated heterocycles. The number of aryl methyl sites for hydroxylation is 1. The molecule has 4 heteroatoms. The van der Waals surface area contributed by atoms with E-state index in [4.69, 9.17) is 4.52 Å². The Bertz CT molecular complexity index is 562. The fraction of sp³-hybridized carbons (Fsp3) is 0.385. The highest BCUT2D eigenvalue weighted by molar-refractivity contribution is 5.62. The van der Waals surface area contributed by atoms with Crippen molar-refractivity contribution < 1.29 is 9.63 Å². The summed E-state index contributed by atoms with van der Waals surface area (Å²) < 4.78 is 5.20. The third kappa shape index (κ3) is 1.79. The van der Waals surface area contributed by atoms with Gasteiger partial charge in [-0.1, -0.05) is 18.1 Å². The van der Waals surface area contributed by atoms with Gasteiger partial charge in [-0.3, -0.25) is 0 Å². The van der Waals surface area contributed by atoms with Gasteiger partial charge in [0.1, 0.15) is 5.75 Å². The molecule has 2 aromatic rings. The van der Waals surface area contributed by atoms with Crippen LogP contribution >= 0.6 is 0 Å². The zero-order valence-corrected chi connectivity index (χ0v) is 9.84. The molecular weight excluding hydrogens is 216 g/mol. The Morgan fingerprint density at radius 2 is 2.18 bits per heavy atom. The molecule has 0 radical (unpaired) electrons. The van der Waals surface area contributed by atoms with Gasteiger partial charge in [-0.25, -0.2) is 0 Å². The van der Waals surface area contributed by atoms with E-state index < -0.39 is 0 Å². The first kappa shape index (κ1) is 10.3. The lowest BCUT2D eigenvalue weighted by molar-refractivity contribution is 0.417. The minimum absolute atomic E-state index is 0.184. The van der Waals surface area contributed by atoms with Crippen molar-refractivity contribution in [3.63, 3.8) is 0 Å². The normalized spacial score (nSPS) is 22.7. The summed E-state index contributed by atoms with van der Waals surface area (Å²) in [7, 11) is 0. The van der Waals surface area contributed by atoms with E-state index in [0.717, 1.165) is 17.8 Å². The second-order valence-corrected chi connectivity index (χ2v) is 4.80.